The number of aryl methyl sites for hydroxylation is 1. The molecule has 2 aromatic rings. The number of hydrazine groups is 1. The lowest BCUT2D eigenvalue weighted by molar-refractivity contribution is 0.317. The topological polar surface area (TPSA) is 60.4 Å². The van der Waals surface area contributed by atoms with E-state index in [9.17, 15) is 0 Å². The van der Waals surface area contributed by atoms with Crippen LogP contribution in [0, 0.1) is 6.92 Å². The van der Waals surface area contributed by atoms with Crippen molar-refractivity contribution >= 4 is 0 Å². The van der Waals surface area contributed by atoms with E-state index < -0.39 is 0 Å². The largest absolute Gasteiger partial charge is 0.494 e. The molecule has 4 heteroatoms. The molecule has 0 amide bonds. The van der Waals surface area contributed by atoms with Gasteiger partial charge in [-0.3, -0.25) is 5.84 Å². The first-order valence-electron chi connectivity index (χ1n) is 6.48. The van der Waals surface area contributed by atoms with E-state index in [1.54, 1.807) is 6.26 Å². The Morgan fingerprint density at radius 1 is 1.26 bits per heavy atom. The normalized spacial score (nSPS) is 12.4. The highest BCUT2D eigenvalue weighted by molar-refractivity contribution is 5.34. The van der Waals surface area contributed by atoms with Gasteiger partial charge in [0.25, 0.3) is 0 Å². The van der Waals surface area contributed by atoms with Crippen LogP contribution in [0.25, 0.3) is 0 Å². The number of hydrogen-bond donors (Lipinski definition) is 2. The number of ether oxygens (including phenoxy) is 1. The third-order valence-corrected chi connectivity index (χ3v) is 2.94. The molecule has 0 aliphatic carbocycles. The summed E-state index contributed by atoms with van der Waals surface area (Å²) in [5, 5.41) is 0. The summed E-state index contributed by atoms with van der Waals surface area (Å²) in [6.07, 6.45) is 2.73. The van der Waals surface area contributed by atoms with E-state index in [0.29, 0.717) is 0 Å². The Balaban J connectivity index is 2.15. The van der Waals surface area contributed by atoms with Crippen molar-refractivity contribution in [1.29, 1.82) is 0 Å². The summed E-state index contributed by atoms with van der Waals surface area (Å²) in [5.74, 6) is 7.39. The van der Waals surface area contributed by atoms with Gasteiger partial charge in [0.15, 0.2) is 0 Å². The molecule has 1 heterocycles. The van der Waals surface area contributed by atoms with Crippen LogP contribution in [0.3, 0.4) is 0 Å². The smallest absolute Gasteiger partial charge is 0.119 e. The molecule has 4 nitrogen and oxygen atoms in total. The fourth-order valence-corrected chi connectivity index (χ4v) is 1.98. The van der Waals surface area contributed by atoms with Crippen molar-refractivity contribution in [3.05, 3.63) is 53.5 Å². The summed E-state index contributed by atoms with van der Waals surface area (Å²) in [7, 11) is 0. The minimum Gasteiger partial charge on any atom is -0.494 e. The van der Waals surface area contributed by atoms with Crippen molar-refractivity contribution in [2.75, 3.05) is 6.61 Å². The molecule has 0 saturated carbocycles. The zero-order valence-electron chi connectivity index (χ0n) is 11.3. The van der Waals surface area contributed by atoms with Crippen LogP contribution in [-0.4, -0.2) is 6.61 Å². The van der Waals surface area contributed by atoms with E-state index >= 15 is 0 Å². The Hall–Kier alpha value is -1.78. The third-order valence-electron chi connectivity index (χ3n) is 2.94. The molecule has 2 rings (SSSR count). The molecule has 1 unspecified atom stereocenters. The van der Waals surface area contributed by atoms with Crippen LogP contribution < -0.4 is 16.0 Å². The van der Waals surface area contributed by atoms with Gasteiger partial charge in [0.1, 0.15) is 11.5 Å². The lowest BCUT2D eigenvalue weighted by Crippen LogP contribution is -2.28. The van der Waals surface area contributed by atoms with Crippen molar-refractivity contribution in [3.63, 3.8) is 0 Å². The number of benzene rings is 1. The molecule has 19 heavy (non-hydrogen) atoms. The fourth-order valence-electron chi connectivity index (χ4n) is 1.98. The second-order valence-corrected chi connectivity index (χ2v) is 4.51. The van der Waals surface area contributed by atoms with Crippen LogP contribution in [0.5, 0.6) is 5.75 Å². The average Bonchev–Trinajstić information content (AvgIpc) is 2.85. The Bertz CT molecular complexity index is 505. The standard InChI is InChI=1S/C15H20N2O2/c1-3-8-18-14-6-4-12(5-7-14)15(17-16)13-9-11(2)19-10-13/h4-7,9-10,15,17H,3,8,16H2,1-2H3. The Kier molecular flexibility index (Phi) is 4.60. The van der Waals surface area contributed by atoms with Crippen molar-refractivity contribution in [1.82, 2.24) is 5.43 Å². The summed E-state index contributed by atoms with van der Waals surface area (Å²) in [6, 6.07) is 9.85. The lowest BCUT2D eigenvalue weighted by Gasteiger charge is -2.15. The van der Waals surface area contributed by atoms with E-state index in [1.165, 1.54) is 0 Å². The van der Waals surface area contributed by atoms with Gasteiger partial charge in [-0.25, -0.2) is 5.43 Å². The van der Waals surface area contributed by atoms with Crippen LogP contribution in [0.1, 0.15) is 36.3 Å². The van der Waals surface area contributed by atoms with Crippen molar-refractivity contribution in [2.45, 2.75) is 26.3 Å². The van der Waals surface area contributed by atoms with E-state index in [2.05, 4.69) is 12.3 Å². The summed E-state index contributed by atoms with van der Waals surface area (Å²) in [4.78, 5) is 0. The van der Waals surface area contributed by atoms with E-state index in [-0.39, 0.29) is 6.04 Å². The Morgan fingerprint density at radius 2 is 2.00 bits per heavy atom. The second kappa shape index (κ2) is 6.41. The zero-order chi connectivity index (χ0) is 13.7. The summed E-state index contributed by atoms with van der Waals surface area (Å²) < 4.78 is 10.9. The van der Waals surface area contributed by atoms with Gasteiger partial charge < -0.3 is 9.15 Å². The summed E-state index contributed by atoms with van der Waals surface area (Å²) >= 11 is 0. The molecule has 3 N–H and O–H groups in total. The van der Waals surface area contributed by atoms with Gasteiger partial charge in [0.2, 0.25) is 0 Å². The number of furan rings is 1. The first-order chi connectivity index (χ1) is 9.24. The van der Waals surface area contributed by atoms with Crippen LogP contribution >= 0.6 is 0 Å². The van der Waals surface area contributed by atoms with E-state index in [0.717, 1.165) is 35.7 Å². The number of rotatable bonds is 6. The number of nitrogens with one attached hydrogen (secondary N) is 1. The fraction of sp³-hybridized carbons (Fsp3) is 0.333. The zero-order valence-corrected chi connectivity index (χ0v) is 11.3. The van der Waals surface area contributed by atoms with Gasteiger partial charge in [0, 0.05) is 5.56 Å². The predicted molar refractivity (Wildman–Crippen MR) is 74.8 cm³/mol. The quantitative estimate of drug-likeness (QED) is 0.619. The molecule has 0 bridgehead atoms. The summed E-state index contributed by atoms with van der Waals surface area (Å²) in [6.45, 7) is 4.74. The molecule has 1 aromatic heterocycles. The highest BCUT2D eigenvalue weighted by Gasteiger charge is 2.14. The van der Waals surface area contributed by atoms with Crippen molar-refractivity contribution < 1.29 is 9.15 Å². The van der Waals surface area contributed by atoms with Crippen molar-refractivity contribution in [2.24, 2.45) is 5.84 Å². The van der Waals surface area contributed by atoms with Gasteiger partial charge in [-0.15, -0.1) is 0 Å². The van der Waals surface area contributed by atoms with E-state index in [1.807, 2.05) is 37.3 Å². The van der Waals surface area contributed by atoms with Gasteiger partial charge >= 0.3 is 0 Å². The maximum absolute atomic E-state index is 5.64. The highest BCUT2D eigenvalue weighted by Crippen LogP contribution is 2.25. The molecule has 0 aliphatic rings. The molecular weight excluding hydrogens is 240 g/mol. The van der Waals surface area contributed by atoms with Crippen LogP contribution in [0.4, 0.5) is 0 Å². The predicted octanol–water partition coefficient (Wildman–Crippen LogP) is 2.93. The molecule has 0 saturated heterocycles. The molecule has 0 aliphatic heterocycles. The van der Waals surface area contributed by atoms with Crippen LogP contribution in [-0.2, 0) is 0 Å². The maximum Gasteiger partial charge on any atom is 0.119 e. The second-order valence-electron chi connectivity index (χ2n) is 4.51. The van der Waals surface area contributed by atoms with Crippen LogP contribution in [0.2, 0.25) is 0 Å². The molecule has 1 aromatic carbocycles. The number of nitrogens with two attached hydrogens (primary N) is 1. The van der Waals surface area contributed by atoms with Gasteiger partial charge in [-0.2, -0.15) is 0 Å². The molecule has 0 spiro atoms. The van der Waals surface area contributed by atoms with Gasteiger partial charge in [-0.1, -0.05) is 19.1 Å². The SMILES string of the molecule is CCCOc1ccc(C(NN)c2coc(C)c2)cc1. The van der Waals surface area contributed by atoms with Gasteiger partial charge in [0.05, 0.1) is 18.9 Å². The molecule has 102 valence electrons. The van der Waals surface area contributed by atoms with Gasteiger partial charge in [-0.05, 0) is 37.1 Å². The Morgan fingerprint density at radius 3 is 2.53 bits per heavy atom. The van der Waals surface area contributed by atoms with Crippen LogP contribution in [0.15, 0.2) is 41.0 Å². The maximum atomic E-state index is 5.64. The first kappa shape index (κ1) is 13.6. The third kappa shape index (κ3) is 3.36. The van der Waals surface area contributed by atoms with E-state index in [4.69, 9.17) is 15.0 Å². The molecular formula is C15H20N2O2. The Labute approximate surface area is 113 Å². The first-order valence-corrected chi connectivity index (χ1v) is 6.48. The average molecular weight is 260 g/mol. The molecule has 0 fully saturated rings. The van der Waals surface area contributed by atoms with Crippen molar-refractivity contribution in [3.8, 4) is 5.75 Å². The summed E-state index contributed by atoms with van der Waals surface area (Å²) in [5.41, 5.74) is 4.90. The highest BCUT2D eigenvalue weighted by atomic mass is 16.5. The lowest BCUT2D eigenvalue weighted by atomic mass is 10.0. The minimum atomic E-state index is -0.0716. The number of hydrogen-bond acceptors (Lipinski definition) is 4. The monoisotopic (exact) mass is 260 g/mol. The molecule has 1 atom stereocenters. The molecule has 0 radical (unpaired) electrons. The minimum absolute atomic E-state index is 0.0716.